The van der Waals surface area contributed by atoms with Gasteiger partial charge in [-0.2, -0.15) is 22.0 Å². The average molecular weight is 360 g/mol. The molecule has 0 aliphatic carbocycles. The number of halogens is 5. The smallest absolute Gasteiger partial charge is 0.433 e. The zero-order chi connectivity index (χ0) is 18.4. The Morgan fingerprint density at radius 2 is 1.80 bits per heavy atom. The summed E-state index contributed by atoms with van der Waals surface area (Å²) >= 11 is 0. The number of alkyl halides is 5. The summed E-state index contributed by atoms with van der Waals surface area (Å²) in [5.41, 5.74) is -0.295. The summed E-state index contributed by atoms with van der Waals surface area (Å²) in [6, 6.07) is 7.68. The molecule has 1 heterocycles. The van der Waals surface area contributed by atoms with Crippen molar-refractivity contribution in [3.05, 3.63) is 59.4 Å². The van der Waals surface area contributed by atoms with Gasteiger partial charge in [-0.3, -0.25) is 9.78 Å². The van der Waals surface area contributed by atoms with Gasteiger partial charge in [0, 0.05) is 12.7 Å². The monoisotopic (exact) mass is 360 g/mol. The van der Waals surface area contributed by atoms with Crippen LogP contribution in [0.1, 0.15) is 21.6 Å². The molecule has 134 valence electrons. The first-order chi connectivity index (χ1) is 11.8. The SMILES string of the molecule is O=C(NCCc1ccc(OC(F)F)cc1)c1ccc(C(F)(F)F)nc1. The average Bonchev–Trinajstić information content (AvgIpc) is 2.55. The summed E-state index contributed by atoms with van der Waals surface area (Å²) in [6.45, 7) is -2.68. The van der Waals surface area contributed by atoms with Crippen molar-refractivity contribution in [2.75, 3.05) is 6.54 Å². The van der Waals surface area contributed by atoms with E-state index in [9.17, 15) is 26.7 Å². The molecule has 0 aliphatic heterocycles. The van der Waals surface area contributed by atoms with E-state index in [-0.39, 0.29) is 17.9 Å². The molecule has 0 atom stereocenters. The minimum Gasteiger partial charge on any atom is -0.435 e. The summed E-state index contributed by atoms with van der Waals surface area (Å²) in [4.78, 5) is 15.0. The van der Waals surface area contributed by atoms with Crippen molar-refractivity contribution in [2.24, 2.45) is 0 Å². The van der Waals surface area contributed by atoms with Crippen molar-refractivity contribution >= 4 is 5.91 Å². The molecule has 1 amide bonds. The lowest BCUT2D eigenvalue weighted by Crippen LogP contribution is -2.26. The van der Waals surface area contributed by atoms with Gasteiger partial charge in [-0.25, -0.2) is 0 Å². The van der Waals surface area contributed by atoms with Crippen molar-refractivity contribution in [2.45, 2.75) is 19.2 Å². The predicted octanol–water partition coefficient (Wildman–Crippen LogP) is 3.67. The maximum Gasteiger partial charge on any atom is 0.433 e. The minimum absolute atomic E-state index is 0.00804. The van der Waals surface area contributed by atoms with Crippen LogP contribution in [0.4, 0.5) is 22.0 Å². The van der Waals surface area contributed by atoms with Gasteiger partial charge < -0.3 is 10.1 Å². The van der Waals surface area contributed by atoms with Crippen molar-refractivity contribution in [3.63, 3.8) is 0 Å². The van der Waals surface area contributed by atoms with E-state index in [2.05, 4.69) is 15.0 Å². The van der Waals surface area contributed by atoms with E-state index >= 15 is 0 Å². The summed E-state index contributed by atoms with van der Waals surface area (Å²) in [7, 11) is 0. The Bertz CT molecular complexity index is 700. The summed E-state index contributed by atoms with van der Waals surface area (Å²) in [5, 5.41) is 2.54. The Hall–Kier alpha value is -2.71. The predicted molar refractivity (Wildman–Crippen MR) is 78.4 cm³/mol. The fourth-order valence-corrected chi connectivity index (χ4v) is 1.96. The topological polar surface area (TPSA) is 51.2 Å². The van der Waals surface area contributed by atoms with Gasteiger partial charge in [0.2, 0.25) is 0 Å². The number of rotatable bonds is 6. The van der Waals surface area contributed by atoms with E-state index in [1.165, 1.54) is 12.1 Å². The van der Waals surface area contributed by atoms with Crippen LogP contribution in [-0.4, -0.2) is 24.0 Å². The molecule has 0 saturated carbocycles. The van der Waals surface area contributed by atoms with Gasteiger partial charge in [0.1, 0.15) is 11.4 Å². The third-order valence-electron chi connectivity index (χ3n) is 3.16. The van der Waals surface area contributed by atoms with Crippen LogP contribution in [0.5, 0.6) is 5.75 Å². The normalized spacial score (nSPS) is 11.4. The van der Waals surface area contributed by atoms with Crippen LogP contribution in [-0.2, 0) is 12.6 Å². The van der Waals surface area contributed by atoms with Crippen LogP contribution in [0.2, 0.25) is 0 Å². The van der Waals surface area contributed by atoms with Gasteiger partial charge in [-0.05, 0) is 36.2 Å². The van der Waals surface area contributed by atoms with Gasteiger partial charge in [0.05, 0.1) is 5.56 Å². The molecule has 0 aliphatic rings. The fourth-order valence-electron chi connectivity index (χ4n) is 1.96. The van der Waals surface area contributed by atoms with Gasteiger partial charge in [0.15, 0.2) is 0 Å². The summed E-state index contributed by atoms with van der Waals surface area (Å²) in [6.07, 6.45) is -3.29. The molecular formula is C16H13F5N2O2. The highest BCUT2D eigenvalue weighted by molar-refractivity contribution is 5.93. The highest BCUT2D eigenvalue weighted by Gasteiger charge is 2.32. The molecule has 1 N–H and O–H groups in total. The van der Waals surface area contributed by atoms with Crippen LogP contribution < -0.4 is 10.1 Å². The maximum atomic E-state index is 12.4. The number of aromatic nitrogens is 1. The van der Waals surface area contributed by atoms with Crippen molar-refractivity contribution in [1.82, 2.24) is 10.3 Å². The Morgan fingerprint density at radius 3 is 2.32 bits per heavy atom. The van der Waals surface area contributed by atoms with Crippen molar-refractivity contribution in [3.8, 4) is 5.75 Å². The molecule has 25 heavy (non-hydrogen) atoms. The highest BCUT2D eigenvalue weighted by Crippen LogP contribution is 2.27. The van der Waals surface area contributed by atoms with Gasteiger partial charge in [0.25, 0.3) is 5.91 Å². The number of amides is 1. The number of hydrogen-bond acceptors (Lipinski definition) is 3. The lowest BCUT2D eigenvalue weighted by atomic mass is 10.1. The van der Waals surface area contributed by atoms with E-state index in [4.69, 9.17) is 0 Å². The number of pyridine rings is 1. The fraction of sp³-hybridized carbons (Fsp3) is 0.250. The molecular weight excluding hydrogens is 347 g/mol. The van der Waals surface area contributed by atoms with E-state index < -0.39 is 24.4 Å². The second-order valence-corrected chi connectivity index (χ2v) is 4.96. The first-order valence-corrected chi connectivity index (χ1v) is 7.11. The molecule has 1 aromatic carbocycles. The number of carbonyl (C=O) groups is 1. The molecule has 9 heteroatoms. The lowest BCUT2D eigenvalue weighted by Gasteiger charge is -2.08. The van der Waals surface area contributed by atoms with Crippen molar-refractivity contribution < 1.29 is 31.5 Å². The molecule has 0 spiro atoms. The lowest BCUT2D eigenvalue weighted by molar-refractivity contribution is -0.141. The summed E-state index contributed by atoms with van der Waals surface area (Å²) in [5.74, 6) is -0.530. The third-order valence-corrected chi connectivity index (χ3v) is 3.16. The third kappa shape index (κ3) is 5.70. The van der Waals surface area contributed by atoms with Crippen LogP contribution in [0.3, 0.4) is 0 Å². The number of nitrogens with one attached hydrogen (secondary N) is 1. The van der Waals surface area contributed by atoms with Crippen LogP contribution in [0.15, 0.2) is 42.6 Å². The zero-order valence-electron chi connectivity index (χ0n) is 12.7. The first-order valence-electron chi connectivity index (χ1n) is 7.11. The Balaban J connectivity index is 1.84. The van der Waals surface area contributed by atoms with Crippen LogP contribution in [0, 0.1) is 0 Å². The first kappa shape index (κ1) is 18.6. The van der Waals surface area contributed by atoms with Gasteiger partial charge in [-0.1, -0.05) is 12.1 Å². The molecule has 0 bridgehead atoms. The molecule has 1 aromatic heterocycles. The second kappa shape index (κ2) is 7.91. The number of carbonyl (C=O) groups excluding carboxylic acids is 1. The van der Waals surface area contributed by atoms with Crippen LogP contribution >= 0.6 is 0 Å². The van der Waals surface area contributed by atoms with E-state index in [0.29, 0.717) is 6.42 Å². The van der Waals surface area contributed by atoms with Crippen molar-refractivity contribution in [1.29, 1.82) is 0 Å². The molecule has 0 unspecified atom stereocenters. The highest BCUT2D eigenvalue weighted by atomic mass is 19.4. The molecule has 4 nitrogen and oxygen atoms in total. The quantitative estimate of drug-likeness (QED) is 0.800. The number of ether oxygens (including phenoxy) is 1. The Morgan fingerprint density at radius 1 is 1.12 bits per heavy atom. The van der Waals surface area contributed by atoms with E-state index in [1.54, 1.807) is 12.1 Å². The maximum absolute atomic E-state index is 12.4. The largest absolute Gasteiger partial charge is 0.435 e. The molecule has 0 fully saturated rings. The molecule has 2 aromatic rings. The van der Waals surface area contributed by atoms with E-state index in [1.807, 2.05) is 0 Å². The molecule has 0 radical (unpaired) electrons. The Kier molecular flexibility index (Phi) is 5.89. The molecule has 0 saturated heterocycles. The number of benzene rings is 1. The summed E-state index contributed by atoms with van der Waals surface area (Å²) < 4.78 is 65.5. The van der Waals surface area contributed by atoms with E-state index in [0.717, 1.165) is 23.9 Å². The minimum atomic E-state index is -4.56. The standard InChI is InChI=1S/C16H13F5N2O2/c17-15(18)25-12-4-1-10(2-5-12)7-8-22-14(24)11-3-6-13(23-9-11)16(19,20)21/h1-6,9,15H,7-8H2,(H,22,24). The molecule has 2 rings (SSSR count). The van der Waals surface area contributed by atoms with Gasteiger partial charge in [-0.15, -0.1) is 0 Å². The Labute approximate surface area is 139 Å². The van der Waals surface area contributed by atoms with Gasteiger partial charge >= 0.3 is 12.8 Å². The number of nitrogens with zero attached hydrogens (tertiary/aromatic N) is 1. The van der Waals surface area contributed by atoms with Crippen LogP contribution in [0.25, 0.3) is 0 Å². The zero-order valence-corrected chi connectivity index (χ0v) is 12.7. The number of hydrogen-bond donors (Lipinski definition) is 1. The second-order valence-electron chi connectivity index (χ2n) is 4.96.